The van der Waals surface area contributed by atoms with Gasteiger partial charge < -0.3 is 0 Å². The van der Waals surface area contributed by atoms with Gasteiger partial charge in [0, 0.05) is 0 Å². The lowest BCUT2D eigenvalue weighted by atomic mass is 9.94. The molecule has 1 aliphatic rings. The first-order valence-electron chi connectivity index (χ1n) is 8.18. The van der Waals surface area contributed by atoms with Crippen LogP contribution in [0, 0.1) is 41.9 Å². The number of hydrogen-bond donors (Lipinski definition) is 0. The molecule has 0 heterocycles. The summed E-state index contributed by atoms with van der Waals surface area (Å²) < 4.78 is 0. The van der Waals surface area contributed by atoms with Gasteiger partial charge in [-0.25, -0.2) is 0 Å². The van der Waals surface area contributed by atoms with E-state index in [1.807, 2.05) is 0 Å². The van der Waals surface area contributed by atoms with Crippen molar-refractivity contribution in [2.24, 2.45) is 5.92 Å². The van der Waals surface area contributed by atoms with Crippen molar-refractivity contribution in [3.05, 3.63) is 0 Å². The highest BCUT2D eigenvalue weighted by atomic mass is 14.1. The molecule has 1 fully saturated rings. The van der Waals surface area contributed by atoms with Gasteiger partial charge in [-0.15, -0.1) is 6.42 Å². The Balaban J connectivity index is 0.000000441. The topological polar surface area (TPSA) is 0 Å². The summed E-state index contributed by atoms with van der Waals surface area (Å²) in [6.45, 7) is 4.15. The van der Waals surface area contributed by atoms with Crippen LogP contribution in [0.4, 0.5) is 0 Å². The molecule has 0 aliphatic heterocycles. The first-order chi connectivity index (χ1) is 9.81. The monoisotopic (exact) mass is 270 g/mol. The predicted octanol–water partition coefficient (Wildman–Crippen LogP) is 5.57. The molecule has 0 N–H and O–H groups in total. The summed E-state index contributed by atoms with van der Waals surface area (Å²) in [5.74, 6) is 13.0. The van der Waals surface area contributed by atoms with Crippen LogP contribution >= 0.6 is 0 Å². The fourth-order valence-electron chi connectivity index (χ4n) is 2.50. The lowest BCUT2D eigenvalue weighted by Crippen LogP contribution is -1.96. The van der Waals surface area contributed by atoms with Gasteiger partial charge in [0.25, 0.3) is 0 Å². The van der Waals surface area contributed by atoms with Crippen LogP contribution in [0.1, 0.15) is 84.5 Å². The van der Waals surface area contributed by atoms with Crippen molar-refractivity contribution in [1.82, 2.24) is 0 Å². The summed E-state index contributed by atoms with van der Waals surface area (Å²) >= 11 is 0. The molecule has 0 aromatic rings. The summed E-state index contributed by atoms with van der Waals surface area (Å²) in [4.78, 5) is 0. The van der Waals surface area contributed by atoms with E-state index in [0.717, 1.165) is 5.92 Å². The zero-order valence-electron chi connectivity index (χ0n) is 13.4. The van der Waals surface area contributed by atoms with Crippen LogP contribution in [0.2, 0.25) is 0 Å². The minimum atomic E-state index is 0.999. The van der Waals surface area contributed by atoms with Crippen molar-refractivity contribution in [3.63, 3.8) is 0 Å². The minimum Gasteiger partial charge on any atom is -0.106 e. The fraction of sp³-hybridized carbons (Fsp3) is 0.700. The first kappa shape index (κ1) is 18.7. The zero-order valence-corrected chi connectivity index (χ0v) is 13.4. The van der Waals surface area contributed by atoms with Crippen molar-refractivity contribution < 1.29 is 0 Å². The van der Waals surface area contributed by atoms with Crippen molar-refractivity contribution in [1.29, 1.82) is 0 Å². The van der Waals surface area contributed by atoms with Gasteiger partial charge in [-0.3, -0.25) is 0 Å². The SMILES string of the molecule is C#CC#CC#CC.CC1CCCCCCCCCCC1. The molecule has 0 radical (unpaired) electrons. The Bertz CT molecular complexity index is 349. The summed E-state index contributed by atoms with van der Waals surface area (Å²) in [5.41, 5.74) is 0. The maximum Gasteiger partial charge on any atom is -0.00108 e. The number of terminal acetylenes is 1. The maximum absolute atomic E-state index is 4.78. The minimum absolute atomic E-state index is 0.999. The Hall–Kier alpha value is -1.32. The molecular weight excluding hydrogens is 240 g/mol. The molecule has 0 aromatic heterocycles. The zero-order chi connectivity index (χ0) is 14.9. The molecule has 0 saturated heterocycles. The quantitative estimate of drug-likeness (QED) is 0.504. The summed E-state index contributed by atoms with van der Waals surface area (Å²) in [6, 6.07) is 0. The highest BCUT2D eigenvalue weighted by Crippen LogP contribution is 2.20. The van der Waals surface area contributed by atoms with E-state index in [1.54, 1.807) is 6.92 Å². The van der Waals surface area contributed by atoms with E-state index in [4.69, 9.17) is 6.42 Å². The van der Waals surface area contributed by atoms with Gasteiger partial charge >= 0.3 is 0 Å². The van der Waals surface area contributed by atoms with Crippen LogP contribution in [-0.2, 0) is 0 Å². The van der Waals surface area contributed by atoms with Crippen molar-refractivity contribution in [2.45, 2.75) is 84.5 Å². The van der Waals surface area contributed by atoms with Crippen molar-refractivity contribution in [2.75, 3.05) is 0 Å². The molecule has 0 heteroatoms. The molecule has 0 unspecified atom stereocenters. The highest BCUT2D eigenvalue weighted by Gasteiger charge is 2.03. The second-order valence-corrected chi connectivity index (χ2v) is 5.63. The summed E-state index contributed by atoms with van der Waals surface area (Å²) in [7, 11) is 0. The Morgan fingerprint density at radius 1 is 0.700 bits per heavy atom. The molecule has 20 heavy (non-hydrogen) atoms. The normalized spacial score (nSPS) is 17.2. The second-order valence-electron chi connectivity index (χ2n) is 5.63. The highest BCUT2D eigenvalue weighted by molar-refractivity contribution is 5.33. The van der Waals surface area contributed by atoms with Crippen LogP contribution < -0.4 is 0 Å². The van der Waals surface area contributed by atoms with Gasteiger partial charge in [0.1, 0.15) is 0 Å². The molecule has 0 aromatic carbocycles. The third-order valence-electron chi connectivity index (χ3n) is 3.72. The van der Waals surface area contributed by atoms with Crippen molar-refractivity contribution >= 4 is 0 Å². The van der Waals surface area contributed by atoms with Crippen LogP contribution in [-0.4, -0.2) is 0 Å². The van der Waals surface area contributed by atoms with Gasteiger partial charge in [0.2, 0.25) is 0 Å². The molecule has 1 rings (SSSR count). The first-order valence-corrected chi connectivity index (χ1v) is 8.18. The molecule has 0 nitrogen and oxygen atoms in total. The van der Waals surface area contributed by atoms with Gasteiger partial charge in [0.05, 0.1) is 0 Å². The number of hydrogen-bond acceptors (Lipinski definition) is 0. The smallest absolute Gasteiger partial charge is 0.00108 e. The van der Waals surface area contributed by atoms with E-state index >= 15 is 0 Å². The Morgan fingerprint density at radius 2 is 1.15 bits per heavy atom. The molecule has 1 saturated carbocycles. The third kappa shape index (κ3) is 14.7. The van der Waals surface area contributed by atoms with E-state index in [9.17, 15) is 0 Å². The molecular formula is C20H30. The predicted molar refractivity (Wildman–Crippen MR) is 90.0 cm³/mol. The molecule has 0 atom stereocenters. The van der Waals surface area contributed by atoms with Gasteiger partial charge in [-0.05, 0) is 36.5 Å². The Labute approximate surface area is 127 Å². The van der Waals surface area contributed by atoms with Gasteiger partial charge in [-0.1, -0.05) is 83.5 Å². The average molecular weight is 270 g/mol. The van der Waals surface area contributed by atoms with Gasteiger partial charge in [0.15, 0.2) is 0 Å². The lowest BCUT2D eigenvalue weighted by Gasteiger charge is -2.12. The summed E-state index contributed by atoms with van der Waals surface area (Å²) in [6.07, 6.45) is 21.2. The Kier molecular flexibility index (Phi) is 14.7. The van der Waals surface area contributed by atoms with E-state index in [1.165, 1.54) is 70.6 Å². The standard InChI is InChI=1S/C13H26.C7H4/c1-13-11-9-7-5-3-2-4-6-8-10-12-13;1-3-5-7-6-4-2/h13H,2-12H2,1H3;1H,2H3. The van der Waals surface area contributed by atoms with Crippen LogP contribution in [0.3, 0.4) is 0 Å². The molecule has 1 aliphatic carbocycles. The van der Waals surface area contributed by atoms with E-state index in [2.05, 4.69) is 36.5 Å². The molecule has 0 bridgehead atoms. The van der Waals surface area contributed by atoms with E-state index in [-0.39, 0.29) is 0 Å². The third-order valence-corrected chi connectivity index (χ3v) is 3.72. The van der Waals surface area contributed by atoms with Crippen LogP contribution in [0.25, 0.3) is 0 Å². The molecule has 0 spiro atoms. The maximum atomic E-state index is 4.78. The van der Waals surface area contributed by atoms with Crippen LogP contribution in [0.15, 0.2) is 0 Å². The largest absolute Gasteiger partial charge is 0.106 e. The number of rotatable bonds is 0. The Morgan fingerprint density at radius 3 is 1.55 bits per heavy atom. The fourth-order valence-corrected chi connectivity index (χ4v) is 2.50. The summed E-state index contributed by atoms with van der Waals surface area (Å²) in [5, 5.41) is 0. The molecule has 110 valence electrons. The lowest BCUT2D eigenvalue weighted by molar-refractivity contribution is 0.420. The van der Waals surface area contributed by atoms with E-state index < -0.39 is 0 Å². The van der Waals surface area contributed by atoms with E-state index in [0.29, 0.717) is 0 Å². The van der Waals surface area contributed by atoms with Crippen LogP contribution in [0.5, 0.6) is 0 Å². The molecule has 0 amide bonds. The second kappa shape index (κ2) is 15.7. The van der Waals surface area contributed by atoms with Gasteiger partial charge in [-0.2, -0.15) is 0 Å². The average Bonchev–Trinajstić information content (AvgIpc) is 2.44. The van der Waals surface area contributed by atoms with Crippen molar-refractivity contribution in [3.8, 4) is 36.0 Å².